The Balaban J connectivity index is 1.99. The van der Waals surface area contributed by atoms with Crippen LogP contribution >= 0.6 is 0 Å². The maximum atomic E-state index is 12.0. The lowest BCUT2D eigenvalue weighted by atomic mass is 9.96. The second-order valence-corrected chi connectivity index (χ2v) is 6.63. The molecule has 122 valence electrons. The minimum absolute atomic E-state index is 0.0921. The first-order valence-corrected chi connectivity index (χ1v) is 7.41. The number of carbonyl (C=O) groups excluding carboxylic acids is 1. The molecule has 2 saturated heterocycles. The lowest BCUT2D eigenvalue weighted by Crippen LogP contribution is -2.64. The zero-order chi connectivity index (χ0) is 15.8. The Morgan fingerprint density at radius 3 is 2.67 bits per heavy atom. The molecule has 7 heteroatoms. The third-order valence-electron chi connectivity index (χ3n) is 4.20. The lowest BCUT2D eigenvalue weighted by molar-refractivity contribution is -0.323. The van der Waals surface area contributed by atoms with Crippen molar-refractivity contribution in [3.8, 4) is 0 Å². The van der Waals surface area contributed by atoms with E-state index in [-0.39, 0.29) is 25.0 Å². The number of hydrogen-bond acceptors (Lipinski definition) is 6. The highest BCUT2D eigenvalue weighted by molar-refractivity contribution is 5.78. The Hall–Kier alpha value is -0.730. The topological polar surface area (TPSA) is 110 Å². The molecule has 4 N–H and O–H groups in total. The number of aliphatic hydroxyl groups excluding tert-OH is 3. The molecular formula is C14H25NO6. The Morgan fingerprint density at radius 2 is 2.05 bits per heavy atom. The second kappa shape index (κ2) is 6.18. The van der Waals surface area contributed by atoms with E-state index in [0.29, 0.717) is 18.9 Å². The molecule has 0 unspecified atom stereocenters. The van der Waals surface area contributed by atoms with Crippen LogP contribution < -0.4 is 0 Å². The van der Waals surface area contributed by atoms with Gasteiger partial charge in [-0.25, -0.2) is 0 Å². The maximum absolute atomic E-state index is 12.0. The Morgan fingerprint density at radius 1 is 1.38 bits per heavy atom. The van der Waals surface area contributed by atoms with Gasteiger partial charge in [0.25, 0.3) is 0 Å². The number of carbonyl (C=O) groups is 1. The van der Waals surface area contributed by atoms with Gasteiger partial charge in [0.15, 0.2) is 0 Å². The van der Waals surface area contributed by atoms with Gasteiger partial charge in [-0.1, -0.05) is 13.8 Å². The van der Waals surface area contributed by atoms with E-state index in [0.717, 1.165) is 6.42 Å². The highest BCUT2D eigenvalue weighted by Gasteiger charge is 2.50. The summed E-state index contributed by atoms with van der Waals surface area (Å²) in [5.74, 6) is -1.41. The van der Waals surface area contributed by atoms with Crippen LogP contribution in [0.1, 0.15) is 26.7 Å². The molecule has 0 aromatic heterocycles. The number of aliphatic hydroxyl groups is 4. The van der Waals surface area contributed by atoms with E-state index in [1.165, 1.54) is 4.90 Å². The fraction of sp³-hybridized carbons (Fsp3) is 0.929. The number of rotatable bonds is 4. The van der Waals surface area contributed by atoms with Crippen LogP contribution in [-0.4, -0.2) is 75.0 Å². The molecule has 0 aromatic carbocycles. The first kappa shape index (κ1) is 16.6. The molecule has 5 atom stereocenters. The van der Waals surface area contributed by atoms with E-state index in [2.05, 4.69) is 13.8 Å². The Bertz CT molecular complexity index is 390. The number of hydrogen-bond donors (Lipinski definition) is 4. The van der Waals surface area contributed by atoms with Crippen molar-refractivity contribution in [2.45, 2.75) is 50.8 Å². The molecule has 2 aliphatic rings. The van der Waals surface area contributed by atoms with E-state index >= 15 is 0 Å². The van der Waals surface area contributed by atoms with Gasteiger partial charge >= 0.3 is 0 Å². The van der Waals surface area contributed by atoms with Crippen molar-refractivity contribution in [1.82, 2.24) is 4.90 Å². The summed E-state index contributed by atoms with van der Waals surface area (Å²) in [6.45, 7) is 4.20. The summed E-state index contributed by atoms with van der Waals surface area (Å²) in [7, 11) is 0. The third-order valence-corrected chi connectivity index (χ3v) is 4.20. The molecule has 2 rings (SSSR count). The van der Waals surface area contributed by atoms with Crippen molar-refractivity contribution in [3.05, 3.63) is 0 Å². The summed E-state index contributed by atoms with van der Waals surface area (Å²) in [5, 5.41) is 39.3. The summed E-state index contributed by atoms with van der Waals surface area (Å²) in [4.78, 5) is 13.5. The van der Waals surface area contributed by atoms with Crippen LogP contribution in [0.4, 0.5) is 0 Å². The average molecular weight is 303 g/mol. The van der Waals surface area contributed by atoms with E-state index in [9.17, 15) is 25.2 Å². The Labute approximate surface area is 124 Å². The number of β-amino-alcohol motifs (C(OH)–C–C–N with tert-alkyl or cyclic N) is 1. The highest BCUT2D eigenvalue weighted by atomic mass is 16.6. The maximum Gasteiger partial charge on any atom is 0.223 e. The van der Waals surface area contributed by atoms with Gasteiger partial charge in [0, 0.05) is 13.0 Å². The van der Waals surface area contributed by atoms with Crippen molar-refractivity contribution in [2.24, 2.45) is 11.8 Å². The predicted octanol–water partition coefficient (Wildman–Crippen LogP) is -1.32. The minimum Gasteiger partial charge on any atom is -0.388 e. The van der Waals surface area contributed by atoms with Crippen LogP contribution in [-0.2, 0) is 9.53 Å². The van der Waals surface area contributed by atoms with Gasteiger partial charge in [-0.2, -0.15) is 0 Å². The monoisotopic (exact) mass is 303 g/mol. The van der Waals surface area contributed by atoms with Gasteiger partial charge in [0.1, 0.15) is 18.3 Å². The molecule has 0 radical (unpaired) electrons. The first-order valence-electron chi connectivity index (χ1n) is 7.41. The molecule has 2 fully saturated rings. The predicted molar refractivity (Wildman–Crippen MR) is 73.1 cm³/mol. The van der Waals surface area contributed by atoms with Crippen molar-refractivity contribution in [2.75, 3.05) is 19.7 Å². The molecule has 2 aliphatic heterocycles. The summed E-state index contributed by atoms with van der Waals surface area (Å²) >= 11 is 0. The van der Waals surface area contributed by atoms with Crippen LogP contribution in [0.15, 0.2) is 0 Å². The Kier molecular flexibility index (Phi) is 4.89. The van der Waals surface area contributed by atoms with Crippen molar-refractivity contribution < 1.29 is 30.0 Å². The smallest absolute Gasteiger partial charge is 0.223 e. The van der Waals surface area contributed by atoms with Crippen molar-refractivity contribution in [3.63, 3.8) is 0 Å². The molecule has 0 aromatic rings. The summed E-state index contributed by atoms with van der Waals surface area (Å²) in [6.07, 6.45) is -3.05. The number of nitrogens with zero attached hydrogens (tertiary/aromatic N) is 1. The van der Waals surface area contributed by atoms with Gasteiger partial charge in [-0.15, -0.1) is 0 Å². The molecular weight excluding hydrogens is 278 g/mol. The fourth-order valence-electron chi connectivity index (χ4n) is 3.13. The zero-order valence-corrected chi connectivity index (χ0v) is 12.5. The molecule has 0 spiro atoms. The zero-order valence-electron chi connectivity index (χ0n) is 12.5. The molecule has 21 heavy (non-hydrogen) atoms. The number of ether oxygens (including phenoxy) is 1. The average Bonchev–Trinajstić information content (AvgIpc) is 2.71. The van der Waals surface area contributed by atoms with E-state index in [4.69, 9.17) is 4.74 Å². The highest BCUT2D eigenvalue weighted by Crippen LogP contribution is 2.29. The van der Waals surface area contributed by atoms with Gasteiger partial charge in [0.05, 0.1) is 13.2 Å². The number of likely N-dealkylation sites (tertiary alicyclic amines) is 1. The van der Waals surface area contributed by atoms with E-state index in [1.807, 2.05) is 0 Å². The lowest BCUT2D eigenvalue weighted by Gasteiger charge is -2.43. The summed E-state index contributed by atoms with van der Waals surface area (Å²) in [6, 6.07) is 0. The van der Waals surface area contributed by atoms with Gasteiger partial charge in [-0.05, 0) is 18.3 Å². The minimum atomic E-state index is -2.04. The SMILES string of the molecule is CC(C)C[C@@H]1CC(=O)N(C[C@]2(O)OC[C@@H](O)[C@@H](O)[C@@H]2O)C1. The summed E-state index contributed by atoms with van der Waals surface area (Å²) < 4.78 is 5.09. The molecule has 2 heterocycles. The summed E-state index contributed by atoms with van der Waals surface area (Å²) in [5.41, 5.74) is 0. The van der Waals surface area contributed by atoms with Crippen LogP contribution in [0.5, 0.6) is 0 Å². The van der Waals surface area contributed by atoms with Gasteiger partial charge in [0.2, 0.25) is 11.7 Å². The van der Waals surface area contributed by atoms with Crippen molar-refractivity contribution in [1.29, 1.82) is 0 Å². The quantitative estimate of drug-likeness (QED) is 0.513. The largest absolute Gasteiger partial charge is 0.388 e. The third kappa shape index (κ3) is 3.54. The second-order valence-electron chi connectivity index (χ2n) is 6.63. The van der Waals surface area contributed by atoms with Crippen LogP contribution in [0.25, 0.3) is 0 Å². The standard InChI is InChI=1S/C14H25NO6/c1-8(2)3-9-4-11(17)15(5-9)7-14(20)13(19)12(18)10(16)6-21-14/h8-10,12-13,16,18-20H,3-7H2,1-2H3/t9-,10-,12-,13+,14+/m1/s1. The number of amides is 1. The molecule has 0 bridgehead atoms. The van der Waals surface area contributed by atoms with Crippen LogP contribution in [0, 0.1) is 11.8 Å². The normalized spacial score (nSPS) is 41.1. The first-order chi connectivity index (χ1) is 9.73. The van der Waals surface area contributed by atoms with Crippen LogP contribution in [0.3, 0.4) is 0 Å². The van der Waals surface area contributed by atoms with E-state index < -0.39 is 24.1 Å². The molecule has 0 saturated carbocycles. The molecule has 7 nitrogen and oxygen atoms in total. The van der Waals surface area contributed by atoms with Crippen molar-refractivity contribution >= 4 is 5.91 Å². The molecule has 0 aliphatic carbocycles. The van der Waals surface area contributed by atoms with Crippen LogP contribution in [0.2, 0.25) is 0 Å². The van der Waals surface area contributed by atoms with E-state index in [1.54, 1.807) is 0 Å². The van der Waals surface area contributed by atoms with Gasteiger partial charge < -0.3 is 30.1 Å². The fourth-order valence-corrected chi connectivity index (χ4v) is 3.13. The molecule has 1 amide bonds. The van der Waals surface area contributed by atoms with Gasteiger partial charge in [-0.3, -0.25) is 4.79 Å².